The lowest BCUT2D eigenvalue weighted by molar-refractivity contribution is 0.0746. The zero-order valence-corrected chi connectivity index (χ0v) is 13.6. The maximum atomic E-state index is 13.7. The Labute approximate surface area is 144 Å². The van der Waals surface area contributed by atoms with Crippen molar-refractivity contribution in [3.63, 3.8) is 0 Å². The van der Waals surface area contributed by atoms with Crippen LogP contribution in [0.3, 0.4) is 0 Å². The number of hydrogen-bond donors (Lipinski definition) is 0. The molecule has 1 amide bonds. The summed E-state index contributed by atoms with van der Waals surface area (Å²) < 4.78 is 13.7. The highest BCUT2D eigenvalue weighted by Crippen LogP contribution is 2.24. The fourth-order valence-corrected chi connectivity index (χ4v) is 3.03. The molecule has 1 fully saturated rings. The topological polar surface area (TPSA) is 47.3 Å². The van der Waals surface area contributed by atoms with Gasteiger partial charge in [-0.05, 0) is 30.3 Å². The Morgan fingerprint density at radius 2 is 1.83 bits per heavy atom. The zero-order chi connectivity index (χ0) is 17.1. The van der Waals surface area contributed by atoms with Crippen LogP contribution in [0.15, 0.2) is 42.5 Å². The summed E-state index contributed by atoms with van der Waals surface area (Å²) in [4.78, 5) is 16.2. The Balaban J connectivity index is 1.72. The molecule has 0 aliphatic carbocycles. The van der Waals surface area contributed by atoms with Gasteiger partial charge >= 0.3 is 0 Å². The average molecular weight is 344 g/mol. The molecule has 122 valence electrons. The number of carbonyl (C=O) groups is 1. The van der Waals surface area contributed by atoms with Gasteiger partial charge in [-0.2, -0.15) is 5.26 Å². The molecular formula is C18H15ClFN3O. The van der Waals surface area contributed by atoms with Crippen molar-refractivity contribution in [3.8, 4) is 6.07 Å². The van der Waals surface area contributed by atoms with Crippen LogP contribution in [0.4, 0.5) is 10.1 Å². The van der Waals surface area contributed by atoms with Crippen molar-refractivity contribution >= 4 is 23.2 Å². The van der Waals surface area contributed by atoms with E-state index in [0.29, 0.717) is 42.5 Å². The highest BCUT2D eigenvalue weighted by atomic mass is 35.5. The van der Waals surface area contributed by atoms with Gasteiger partial charge in [0.2, 0.25) is 0 Å². The van der Waals surface area contributed by atoms with Gasteiger partial charge in [0.25, 0.3) is 5.91 Å². The van der Waals surface area contributed by atoms with Crippen LogP contribution in [-0.4, -0.2) is 37.0 Å². The second-order valence-electron chi connectivity index (χ2n) is 5.54. The monoisotopic (exact) mass is 343 g/mol. The number of anilines is 1. The van der Waals surface area contributed by atoms with Gasteiger partial charge in [-0.1, -0.05) is 23.7 Å². The molecule has 3 rings (SSSR count). The smallest absolute Gasteiger partial charge is 0.254 e. The number of rotatable bonds is 2. The molecule has 6 heteroatoms. The van der Waals surface area contributed by atoms with Gasteiger partial charge in [0.15, 0.2) is 0 Å². The van der Waals surface area contributed by atoms with E-state index in [-0.39, 0.29) is 11.5 Å². The van der Waals surface area contributed by atoms with Gasteiger partial charge < -0.3 is 9.80 Å². The van der Waals surface area contributed by atoms with Crippen LogP contribution >= 0.6 is 11.6 Å². The van der Waals surface area contributed by atoms with Crippen LogP contribution in [0, 0.1) is 17.1 Å². The number of carbonyl (C=O) groups excluding carboxylic acids is 1. The molecular weight excluding hydrogens is 329 g/mol. The fourth-order valence-electron chi connectivity index (χ4n) is 2.84. The number of piperazine rings is 1. The molecule has 0 radical (unpaired) electrons. The van der Waals surface area contributed by atoms with Crippen molar-refractivity contribution in [2.75, 3.05) is 31.1 Å². The quantitative estimate of drug-likeness (QED) is 0.840. The summed E-state index contributed by atoms with van der Waals surface area (Å²) in [5, 5.41) is 9.68. The first kappa shape index (κ1) is 16.3. The summed E-state index contributed by atoms with van der Waals surface area (Å²) in [5.41, 5.74) is 1.18. The highest BCUT2D eigenvalue weighted by Gasteiger charge is 2.24. The van der Waals surface area contributed by atoms with E-state index in [1.807, 2.05) is 11.0 Å². The molecule has 0 atom stereocenters. The number of benzene rings is 2. The minimum atomic E-state index is -0.521. The third kappa shape index (κ3) is 3.19. The minimum Gasteiger partial charge on any atom is -0.367 e. The first-order chi connectivity index (χ1) is 11.6. The molecule has 0 spiro atoms. The Bertz CT molecular complexity index is 810. The number of amides is 1. The first-order valence-corrected chi connectivity index (χ1v) is 7.96. The minimum absolute atomic E-state index is 0.0483. The molecule has 0 aromatic heterocycles. The second kappa shape index (κ2) is 6.90. The third-order valence-electron chi connectivity index (χ3n) is 4.08. The van der Waals surface area contributed by atoms with Gasteiger partial charge in [0, 0.05) is 36.8 Å². The van der Waals surface area contributed by atoms with E-state index in [9.17, 15) is 9.18 Å². The predicted molar refractivity (Wildman–Crippen MR) is 90.7 cm³/mol. The molecule has 0 N–H and O–H groups in total. The Morgan fingerprint density at radius 3 is 2.50 bits per heavy atom. The van der Waals surface area contributed by atoms with E-state index in [1.165, 1.54) is 6.07 Å². The van der Waals surface area contributed by atoms with Crippen molar-refractivity contribution in [3.05, 3.63) is 64.4 Å². The first-order valence-electron chi connectivity index (χ1n) is 7.58. The summed E-state index contributed by atoms with van der Waals surface area (Å²) >= 11 is 5.93. The fraction of sp³-hybridized carbons (Fsp3) is 0.222. The molecule has 1 heterocycles. The van der Waals surface area contributed by atoms with Gasteiger partial charge in [0.1, 0.15) is 17.4 Å². The lowest BCUT2D eigenvalue weighted by Gasteiger charge is -2.36. The molecule has 1 saturated heterocycles. The molecule has 0 bridgehead atoms. The van der Waals surface area contributed by atoms with E-state index in [1.54, 1.807) is 41.3 Å². The molecule has 24 heavy (non-hydrogen) atoms. The zero-order valence-electron chi connectivity index (χ0n) is 12.9. The van der Waals surface area contributed by atoms with Gasteiger partial charge in [-0.25, -0.2) is 4.39 Å². The van der Waals surface area contributed by atoms with Crippen LogP contribution in [0.1, 0.15) is 15.9 Å². The molecule has 1 aliphatic heterocycles. The SMILES string of the molecule is N#Cc1c(F)cccc1N1CCN(C(=O)c2cccc(Cl)c2)CC1. The lowest BCUT2D eigenvalue weighted by atomic mass is 10.1. The van der Waals surface area contributed by atoms with Crippen molar-refractivity contribution in [2.45, 2.75) is 0 Å². The molecule has 0 saturated carbocycles. The summed E-state index contributed by atoms with van der Waals surface area (Å²) in [6.45, 7) is 2.11. The van der Waals surface area contributed by atoms with Crippen molar-refractivity contribution < 1.29 is 9.18 Å². The number of hydrogen-bond acceptors (Lipinski definition) is 3. The molecule has 0 unspecified atom stereocenters. The van der Waals surface area contributed by atoms with Crippen LogP contribution in [-0.2, 0) is 0 Å². The van der Waals surface area contributed by atoms with Gasteiger partial charge in [0.05, 0.1) is 5.69 Å². The summed E-state index contributed by atoms with van der Waals surface area (Å²) in [7, 11) is 0. The third-order valence-corrected chi connectivity index (χ3v) is 4.32. The van der Waals surface area contributed by atoms with Crippen LogP contribution in [0.5, 0.6) is 0 Å². The van der Waals surface area contributed by atoms with Gasteiger partial charge in [-0.3, -0.25) is 4.79 Å². The summed E-state index contributed by atoms with van der Waals surface area (Å²) in [5.74, 6) is -0.593. The Kier molecular flexibility index (Phi) is 4.68. The van der Waals surface area contributed by atoms with E-state index in [4.69, 9.17) is 16.9 Å². The van der Waals surface area contributed by atoms with Crippen LogP contribution < -0.4 is 4.90 Å². The van der Waals surface area contributed by atoms with Gasteiger partial charge in [-0.15, -0.1) is 0 Å². The normalized spacial score (nSPS) is 14.4. The number of nitriles is 1. The van der Waals surface area contributed by atoms with Crippen molar-refractivity contribution in [2.24, 2.45) is 0 Å². The standard InChI is InChI=1S/C18H15ClFN3O/c19-14-4-1-3-13(11-14)18(24)23-9-7-22(8-10-23)17-6-2-5-16(20)15(17)12-21/h1-6,11H,7-10H2. The second-order valence-corrected chi connectivity index (χ2v) is 5.97. The Hall–Kier alpha value is -2.58. The molecule has 4 nitrogen and oxygen atoms in total. The van der Waals surface area contributed by atoms with Crippen molar-refractivity contribution in [1.29, 1.82) is 5.26 Å². The van der Waals surface area contributed by atoms with E-state index < -0.39 is 5.82 Å². The molecule has 1 aliphatic rings. The lowest BCUT2D eigenvalue weighted by Crippen LogP contribution is -2.49. The van der Waals surface area contributed by atoms with Crippen molar-refractivity contribution in [1.82, 2.24) is 4.90 Å². The summed E-state index contributed by atoms with van der Waals surface area (Å²) in [6.07, 6.45) is 0. The molecule has 2 aromatic rings. The predicted octanol–water partition coefficient (Wildman–Crippen LogP) is 3.31. The Morgan fingerprint density at radius 1 is 1.12 bits per heavy atom. The highest BCUT2D eigenvalue weighted by molar-refractivity contribution is 6.30. The largest absolute Gasteiger partial charge is 0.367 e. The summed E-state index contributed by atoms with van der Waals surface area (Å²) in [6, 6.07) is 13.4. The maximum absolute atomic E-state index is 13.7. The number of nitrogens with zero attached hydrogens (tertiary/aromatic N) is 3. The molecule has 2 aromatic carbocycles. The van der Waals surface area contributed by atoms with E-state index in [0.717, 1.165) is 0 Å². The average Bonchev–Trinajstić information content (AvgIpc) is 2.61. The van der Waals surface area contributed by atoms with Crippen LogP contribution in [0.25, 0.3) is 0 Å². The maximum Gasteiger partial charge on any atom is 0.254 e. The van der Waals surface area contributed by atoms with E-state index >= 15 is 0 Å². The number of halogens is 2. The van der Waals surface area contributed by atoms with E-state index in [2.05, 4.69) is 0 Å². The van der Waals surface area contributed by atoms with Crippen LogP contribution in [0.2, 0.25) is 5.02 Å².